The zero-order valence-corrected chi connectivity index (χ0v) is 18.5. The van der Waals surface area contributed by atoms with Gasteiger partial charge >= 0.3 is 0 Å². The Morgan fingerprint density at radius 3 is 2.62 bits per heavy atom. The Hall–Kier alpha value is -2.08. The molecule has 2 rings (SSSR count). The number of hydrogen-bond acceptors (Lipinski definition) is 3. The Labute approximate surface area is 176 Å². The molecule has 0 aromatic heterocycles. The average Bonchev–Trinajstić information content (AvgIpc) is 3.01. The minimum absolute atomic E-state index is 0.0223. The van der Waals surface area contributed by atoms with Crippen molar-refractivity contribution in [2.24, 2.45) is 10.9 Å². The highest BCUT2D eigenvalue weighted by atomic mass is 16.1. The van der Waals surface area contributed by atoms with E-state index in [0.717, 1.165) is 43.1 Å². The van der Waals surface area contributed by atoms with Crippen molar-refractivity contribution in [1.82, 2.24) is 15.5 Å². The zero-order chi connectivity index (χ0) is 20.9. The Morgan fingerprint density at radius 2 is 1.93 bits per heavy atom. The van der Waals surface area contributed by atoms with E-state index >= 15 is 0 Å². The molecule has 1 atom stereocenters. The Morgan fingerprint density at radius 1 is 1.17 bits per heavy atom. The molecule has 3 N–H and O–H groups in total. The topological polar surface area (TPSA) is 68.8 Å². The molecule has 1 saturated heterocycles. The molecule has 6 nitrogen and oxygen atoms in total. The number of hydrogen-bond donors (Lipinski definition) is 3. The van der Waals surface area contributed by atoms with Gasteiger partial charge in [0, 0.05) is 31.7 Å². The first kappa shape index (κ1) is 23.2. The standard InChI is InChI=1S/C23H39N5O/c1-4-19(2)22(29)27-21-12-9-11-20(17-21)18-26-23(24-3)25-13-10-16-28-14-7-5-6-8-15-28/h9,11-12,17,19H,4-8,10,13-16,18H2,1-3H3,(H,27,29)(H2,24,25,26). The second-order valence-corrected chi connectivity index (χ2v) is 7.96. The van der Waals surface area contributed by atoms with Crippen LogP contribution >= 0.6 is 0 Å². The predicted molar refractivity (Wildman–Crippen MR) is 122 cm³/mol. The number of carbonyl (C=O) groups excluding carboxylic acids is 1. The molecule has 1 aromatic rings. The summed E-state index contributed by atoms with van der Waals surface area (Å²) < 4.78 is 0. The number of anilines is 1. The van der Waals surface area contributed by atoms with Crippen molar-refractivity contribution in [1.29, 1.82) is 0 Å². The smallest absolute Gasteiger partial charge is 0.227 e. The summed E-state index contributed by atoms with van der Waals surface area (Å²) in [4.78, 5) is 19.0. The van der Waals surface area contributed by atoms with Gasteiger partial charge in [-0.3, -0.25) is 9.79 Å². The number of aliphatic imine (C=N–C) groups is 1. The van der Waals surface area contributed by atoms with E-state index < -0.39 is 0 Å². The Balaban J connectivity index is 1.71. The second kappa shape index (κ2) is 13.2. The van der Waals surface area contributed by atoms with E-state index in [2.05, 4.69) is 31.9 Å². The molecular formula is C23H39N5O. The third-order valence-corrected chi connectivity index (χ3v) is 5.58. The lowest BCUT2D eigenvalue weighted by molar-refractivity contribution is -0.119. The van der Waals surface area contributed by atoms with Gasteiger partial charge in [-0.05, 0) is 63.0 Å². The Kier molecular flexibility index (Phi) is 10.6. The molecule has 1 aliphatic rings. The molecule has 1 aromatic carbocycles. The van der Waals surface area contributed by atoms with Gasteiger partial charge in [0.15, 0.2) is 5.96 Å². The van der Waals surface area contributed by atoms with Gasteiger partial charge in [-0.1, -0.05) is 38.8 Å². The molecule has 1 fully saturated rings. The highest BCUT2D eigenvalue weighted by Gasteiger charge is 2.11. The SMILES string of the molecule is CCC(C)C(=O)Nc1cccc(CNC(=NC)NCCCN2CCCCCC2)c1. The molecule has 0 aliphatic carbocycles. The monoisotopic (exact) mass is 401 g/mol. The van der Waals surface area contributed by atoms with Crippen LogP contribution in [-0.2, 0) is 11.3 Å². The average molecular weight is 402 g/mol. The summed E-state index contributed by atoms with van der Waals surface area (Å²) in [6.45, 7) is 9.20. The molecule has 162 valence electrons. The van der Waals surface area contributed by atoms with E-state index in [1.807, 2.05) is 32.0 Å². The number of likely N-dealkylation sites (tertiary alicyclic amines) is 1. The fourth-order valence-electron chi connectivity index (χ4n) is 3.49. The van der Waals surface area contributed by atoms with Gasteiger partial charge < -0.3 is 20.9 Å². The lowest BCUT2D eigenvalue weighted by atomic mass is 10.1. The first-order chi connectivity index (χ1) is 14.1. The van der Waals surface area contributed by atoms with E-state index in [1.54, 1.807) is 7.05 Å². The van der Waals surface area contributed by atoms with Crippen LogP contribution in [0.5, 0.6) is 0 Å². The summed E-state index contributed by atoms with van der Waals surface area (Å²) in [6, 6.07) is 7.97. The van der Waals surface area contributed by atoms with Gasteiger partial charge in [-0.2, -0.15) is 0 Å². The summed E-state index contributed by atoms with van der Waals surface area (Å²) in [6.07, 6.45) is 7.41. The number of guanidine groups is 1. The van der Waals surface area contributed by atoms with E-state index in [1.165, 1.54) is 38.8 Å². The van der Waals surface area contributed by atoms with Crippen molar-refractivity contribution in [3.8, 4) is 0 Å². The molecule has 6 heteroatoms. The molecule has 1 aliphatic heterocycles. The quantitative estimate of drug-likeness (QED) is 0.336. The summed E-state index contributed by atoms with van der Waals surface area (Å²) in [5.41, 5.74) is 1.95. The molecular weight excluding hydrogens is 362 g/mol. The van der Waals surface area contributed by atoms with Crippen LogP contribution < -0.4 is 16.0 Å². The minimum atomic E-state index is 0.0223. The maximum atomic E-state index is 12.1. The van der Waals surface area contributed by atoms with Gasteiger partial charge in [-0.25, -0.2) is 0 Å². The van der Waals surface area contributed by atoms with E-state index in [9.17, 15) is 4.79 Å². The zero-order valence-electron chi connectivity index (χ0n) is 18.5. The van der Waals surface area contributed by atoms with Crippen molar-refractivity contribution in [3.63, 3.8) is 0 Å². The van der Waals surface area contributed by atoms with Crippen molar-refractivity contribution in [3.05, 3.63) is 29.8 Å². The maximum absolute atomic E-state index is 12.1. The van der Waals surface area contributed by atoms with Crippen LogP contribution in [0, 0.1) is 5.92 Å². The third-order valence-electron chi connectivity index (χ3n) is 5.58. The first-order valence-electron chi connectivity index (χ1n) is 11.2. The predicted octanol–water partition coefficient (Wildman–Crippen LogP) is 3.60. The van der Waals surface area contributed by atoms with Crippen LogP contribution in [0.4, 0.5) is 5.69 Å². The summed E-state index contributed by atoms with van der Waals surface area (Å²) >= 11 is 0. The first-order valence-corrected chi connectivity index (χ1v) is 11.2. The molecule has 0 saturated carbocycles. The number of nitrogens with one attached hydrogen (secondary N) is 3. The highest BCUT2D eigenvalue weighted by molar-refractivity contribution is 5.92. The van der Waals surface area contributed by atoms with Crippen LogP contribution in [0.25, 0.3) is 0 Å². The molecule has 1 heterocycles. The molecule has 0 radical (unpaired) electrons. The molecule has 1 unspecified atom stereocenters. The van der Waals surface area contributed by atoms with Crippen LogP contribution in [-0.4, -0.2) is 50.0 Å². The normalized spacial score (nSPS) is 16.7. The lowest BCUT2D eigenvalue weighted by Gasteiger charge is -2.20. The van der Waals surface area contributed by atoms with Crippen molar-refractivity contribution >= 4 is 17.6 Å². The number of benzene rings is 1. The van der Waals surface area contributed by atoms with Crippen LogP contribution in [0.1, 0.15) is 57.9 Å². The Bertz CT molecular complexity index is 638. The largest absolute Gasteiger partial charge is 0.356 e. The van der Waals surface area contributed by atoms with Gasteiger partial charge in [0.1, 0.15) is 0 Å². The van der Waals surface area contributed by atoms with Crippen molar-refractivity contribution in [2.45, 2.75) is 58.9 Å². The fourth-order valence-corrected chi connectivity index (χ4v) is 3.49. The summed E-state index contributed by atoms with van der Waals surface area (Å²) in [7, 11) is 1.80. The molecule has 29 heavy (non-hydrogen) atoms. The fraction of sp³-hybridized carbons (Fsp3) is 0.652. The number of carbonyl (C=O) groups is 1. The number of amides is 1. The maximum Gasteiger partial charge on any atom is 0.227 e. The van der Waals surface area contributed by atoms with Gasteiger partial charge in [0.25, 0.3) is 0 Å². The van der Waals surface area contributed by atoms with E-state index in [0.29, 0.717) is 6.54 Å². The van der Waals surface area contributed by atoms with Crippen LogP contribution in [0.15, 0.2) is 29.3 Å². The molecule has 1 amide bonds. The number of rotatable bonds is 9. The van der Waals surface area contributed by atoms with Gasteiger partial charge in [0.05, 0.1) is 0 Å². The summed E-state index contributed by atoms with van der Waals surface area (Å²) in [5.74, 6) is 0.906. The van der Waals surface area contributed by atoms with E-state index in [4.69, 9.17) is 0 Å². The summed E-state index contributed by atoms with van der Waals surface area (Å²) in [5, 5.41) is 9.76. The van der Waals surface area contributed by atoms with Crippen molar-refractivity contribution in [2.75, 3.05) is 38.5 Å². The second-order valence-electron chi connectivity index (χ2n) is 7.96. The van der Waals surface area contributed by atoms with Gasteiger partial charge in [-0.15, -0.1) is 0 Å². The molecule has 0 spiro atoms. The van der Waals surface area contributed by atoms with E-state index in [-0.39, 0.29) is 11.8 Å². The lowest BCUT2D eigenvalue weighted by Crippen LogP contribution is -2.38. The molecule has 0 bridgehead atoms. The van der Waals surface area contributed by atoms with Crippen LogP contribution in [0.2, 0.25) is 0 Å². The van der Waals surface area contributed by atoms with Crippen LogP contribution in [0.3, 0.4) is 0 Å². The minimum Gasteiger partial charge on any atom is -0.356 e. The van der Waals surface area contributed by atoms with Crippen molar-refractivity contribution < 1.29 is 4.79 Å². The number of nitrogens with zero attached hydrogens (tertiary/aromatic N) is 2. The third kappa shape index (κ3) is 8.86. The van der Waals surface area contributed by atoms with Gasteiger partial charge in [0.2, 0.25) is 5.91 Å². The highest BCUT2D eigenvalue weighted by Crippen LogP contribution is 2.13.